The second-order valence-electron chi connectivity index (χ2n) is 10.0. The normalized spacial score (nSPS) is 12.8. The zero-order chi connectivity index (χ0) is 26.7. The molecule has 3 aromatic rings. The molecule has 1 N–H and O–H groups in total. The van der Waals surface area contributed by atoms with Crippen LogP contribution in [0.5, 0.6) is 0 Å². The van der Waals surface area contributed by atoms with E-state index in [1.807, 2.05) is 62.9 Å². The SMILES string of the molecule is CC(=O)C[C@@H](/C=C/CCSC(c1ccccc1)(c1ccccc1)c1ccccc1)NC(=O)OC(C)(C)C. The summed E-state index contributed by atoms with van der Waals surface area (Å²) in [6, 6.07) is 31.4. The lowest BCUT2D eigenvalue weighted by molar-refractivity contribution is -0.117. The van der Waals surface area contributed by atoms with E-state index >= 15 is 0 Å². The van der Waals surface area contributed by atoms with Gasteiger partial charge in [0.2, 0.25) is 0 Å². The van der Waals surface area contributed by atoms with Gasteiger partial charge in [-0.1, -0.05) is 103 Å². The van der Waals surface area contributed by atoms with E-state index in [-0.39, 0.29) is 17.0 Å². The molecular weight excluding hydrogens is 478 g/mol. The van der Waals surface area contributed by atoms with E-state index in [0.717, 1.165) is 12.2 Å². The summed E-state index contributed by atoms with van der Waals surface area (Å²) >= 11 is 1.89. The van der Waals surface area contributed by atoms with Gasteiger partial charge in [0.05, 0.1) is 10.8 Å². The Morgan fingerprint density at radius 3 is 1.70 bits per heavy atom. The lowest BCUT2D eigenvalue weighted by Gasteiger charge is -2.35. The minimum atomic E-state index is -0.596. The van der Waals surface area contributed by atoms with Gasteiger partial charge in [-0.2, -0.15) is 0 Å². The fourth-order valence-electron chi connectivity index (χ4n) is 4.24. The van der Waals surface area contributed by atoms with Gasteiger partial charge in [-0.15, -0.1) is 11.8 Å². The molecular formula is C32H37NO3S. The number of ether oxygens (including phenoxy) is 1. The second kappa shape index (κ2) is 13.3. The standard InChI is InChI=1S/C32H37NO3S/c1-25(34)24-29(33-30(35)36-31(2,3)4)22-14-15-23-37-32(26-16-8-5-9-17-26,27-18-10-6-11-19-27)28-20-12-7-13-21-28/h5-14,16-22,29H,15,23-24H2,1-4H3,(H,33,35)/b22-14+/t29-/m1/s1. The minimum Gasteiger partial charge on any atom is -0.444 e. The molecule has 0 saturated heterocycles. The molecule has 5 heteroatoms. The molecule has 37 heavy (non-hydrogen) atoms. The van der Waals surface area contributed by atoms with E-state index in [9.17, 15) is 9.59 Å². The molecule has 0 saturated carbocycles. The number of alkyl carbamates (subject to hydrolysis) is 1. The van der Waals surface area contributed by atoms with Crippen molar-refractivity contribution in [3.05, 3.63) is 120 Å². The molecule has 4 nitrogen and oxygen atoms in total. The van der Waals surface area contributed by atoms with Crippen LogP contribution in [0.4, 0.5) is 4.79 Å². The van der Waals surface area contributed by atoms with Gasteiger partial charge in [0, 0.05) is 6.42 Å². The lowest BCUT2D eigenvalue weighted by atomic mass is 9.84. The average molecular weight is 516 g/mol. The molecule has 0 unspecified atom stereocenters. The van der Waals surface area contributed by atoms with Crippen molar-refractivity contribution >= 4 is 23.6 Å². The Hall–Kier alpha value is -3.31. The number of rotatable bonds is 11. The molecule has 0 aromatic heterocycles. The Morgan fingerprint density at radius 2 is 1.30 bits per heavy atom. The summed E-state index contributed by atoms with van der Waals surface area (Å²) in [5.74, 6) is 0.852. The van der Waals surface area contributed by atoms with Crippen molar-refractivity contribution < 1.29 is 14.3 Å². The van der Waals surface area contributed by atoms with Crippen LogP contribution in [-0.2, 0) is 14.3 Å². The van der Waals surface area contributed by atoms with Crippen LogP contribution in [-0.4, -0.2) is 29.3 Å². The van der Waals surface area contributed by atoms with E-state index in [2.05, 4.69) is 78.1 Å². The predicted octanol–water partition coefficient (Wildman–Crippen LogP) is 7.53. The van der Waals surface area contributed by atoms with Crippen LogP contribution in [0, 0.1) is 0 Å². The molecule has 0 fully saturated rings. The fourth-order valence-corrected chi connectivity index (χ4v) is 5.71. The lowest BCUT2D eigenvalue weighted by Crippen LogP contribution is -2.39. The monoisotopic (exact) mass is 515 g/mol. The zero-order valence-corrected chi connectivity index (χ0v) is 23.0. The van der Waals surface area contributed by atoms with Crippen LogP contribution in [0.3, 0.4) is 0 Å². The highest BCUT2D eigenvalue weighted by atomic mass is 32.2. The van der Waals surface area contributed by atoms with Gasteiger partial charge in [0.15, 0.2) is 0 Å². The van der Waals surface area contributed by atoms with Gasteiger partial charge in [-0.3, -0.25) is 4.79 Å². The maximum Gasteiger partial charge on any atom is 0.408 e. The van der Waals surface area contributed by atoms with Crippen LogP contribution >= 0.6 is 11.8 Å². The van der Waals surface area contributed by atoms with Crippen molar-refractivity contribution in [2.45, 2.75) is 56.9 Å². The molecule has 1 atom stereocenters. The third-order valence-corrected chi connectivity index (χ3v) is 7.30. The Bertz CT molecular complexity index is 1060. The maximum absolute atomic E-state index is 12.3. The molecule has 0 aliphatic heterocycles. The molecule has 0 aliphatic rings. The van der Waals surface area contributed by atoms with E-state index < -0.39 is 17.7 Å². The number of carbonyl (C=O) groups excluding carboxylic acids is 2. The first-order chi connectivity index (χ1) is 17.7. The first-order valence-electron chi connectivity index (χ1n) is 12.7. The molecule has 0 aliphatic carbocycles. The molecule has 0 radical (unpaired) electrons. The summed E-state index contributed by atoms with van der Waals surface area (Å²) in [5.41, 5.74) is 3.08. The Morgan fingerprint density at radius 1 is 0.838 bits per heavy atom. The largest absolute Gasteiger partial charge is 0.444 e. The van der Waals surface area contributed by atoms with E-state index in [4.69, 9.17) is 4.74 Å². The molecule has 3 aromatic carbocycles. The Balaban J connectivity index is 1.81. The summed E-state index contributed by atoms with van der Waals surface area (Å²) < 4.78 is 5.00. The van der Waals surface area contributed by atoms with Crippen molar-refractivity contribution in [1.82, 2.24) is 5.32 Å². The van der Waals surface area contributed by atoms with Crippen molar-refractivity contribution in [3.8, 4) is 0 Å². The summed E-state index contributed by atoms with van der Waals surface area (Å²) in [4.78, 5) is 24.0. The van der Waals surface area contributed by atoms with Crippen molar-refractivity contribution in [3.63, 3.8) is 0 Å². The number of ketones is 1. The van der Waals surface area contributed by atoms with E-state index in [1.54, 1.807) is 0 Å². The first kappa shape index (κ1) is 28.3. The predicted molar refractivity (Wildman–Crippen MR) is 154 cm³/mol. The van der Waals surface area contributed by atoms with Gasteiger partial charge in [0.25, 0.3) is 0 Å². The van der Waals surface area contributed by atoms with Gasteiger partial charge >= 0.3 is 6.09 Å². The van der Waals surface area contributed by atoms with Gasteiger partial charge in [-0.05, 0) is 56.6 Å². The van der Waals surface area contributed by atoms with Gasteiger partial charge < -0.3 is 10.1 Å². The zero-order valence-electron chi connectivity index (χ0n) is 22.1. The number of hydrogen-bond acceptors (Lipinski definition) is 4. The minimum absolute atomic E-state index is 0.0105. The van der Waals surface area contributed by atoms with Crippen LogP contribution in [0.15, 0.2) is 103 Å². The quantitative estimate of drug-likeness (QED) is 0.163. The number of amides is 1. The Labute approximate surface area is 225 Å². The smallest absolute Gasteiger partial charge is 0.408 e. The summed E-state index contributed by atoms with van der Waals surface area (Å²) in [7, 11) is 0. The number of thioether (sulfide) groups is 1. The molecule has 3 rings (SSSR count). The van der Waals surface area contributed by atoms with Crippen LogP contribution in [0.2, 0.25) is 0 Å². The number of carbonyl (C=O) groups is 2. The first-order valence-corrected chi connectivity index (χ1v) is 13.7. The molecule has 0 spiro atoms. The van der Waals surface area contributed by atoms with Crippen molar-refractivity contribution in [2.75, 3.05) is 5.75 Å². The van der Waals surface area contributed by atoms with Gasteiger partial charge in [0.1, 0.15) is 11.4 Å². The summed E-state index contributed by atoms with van der Waals surface area (Å²) in [5, 5.41) is 2.81. The third-order valence-electron chi connectivity index (χ3n) is 5.72. The number of allylic oxidation sites excluding steroid dienone is 1. The highest BCUT2D eigenvalue weighted by molar-refractivity contribution is 8.00. The van der Waals surface area contributed by atoms with Crippen molar-refractivity contribution in [2.24, 2.45) is 0 Å². The van der Waals surface area contributed by atoms with Crippen LogP contribution < -0.4 is 5.32 Å². The molecule has 194 valence electrons. The van der Waals surface area contributed by atoms with Crippen LogP contribution in [0.1, 0.15) is 57.2 Å². The number of benzene rings is 3. The van der Waals surface area contributed by atoms with Crippen molar-refractivity contribution in [1.29, 1.82) is 0 Å². The summed E-state index contributed by atoms with van der Waals surface area (Å²) in [6.45, 7) is 6.98. The van der Waals surface area contributed by atoms with E-state index in [1.165, 1.54) is 23.6 Å². The van der Waals surface area contributed by atoms with Gasteiger partial charge in [-0.25, -0.2) is 4.79 Å². The third kappa shape index (κ3) is 8.36. The highest BCUT2D eigenvalue weighted by Crippen LogP contribution is 2.48. The number of Topliss-reactive ketones (excluding diaryl/α,β-unsaturated/α-hetero) is 1. The maximum atomic E-state index is 12.3. The topological polar surface area (TPSA) is 55.4 Å². The summed E-state index contributed by atoms with van der Waals surface area (Å²) in [6.07, 6.45) is 4.44. The van der Waals surface area contributed by atoms with E-state index in [0.29, 0.717) is 0 Å². The fraction of sp³-hybridized carbons (Fsp3) is 0.312. The second-order valence-corrected chi connectivity index (χ2v) is 11.3. The van der Waals surface area contributed by atoms with Crippen LogP contribution in [0.25, 0.3) is 0 Å². The average Bonchev–Trinajstić information content (AvgIpc) is 2.86. The molecule has 1 amide bonds. The Kier molecular flexibility index (Phi) is 10.2. The number of hydrogen-bond donors (Lipinski definition) is 1. The molecule has 0 heterocycles. The molecule has 0 bridgehead atoms. The number of nitrogens with one attached hydrogen (secondary N) is 1. The highest BCUT2D eigenvalue weighted by Gasteiger charge is 2.36.